The molecule has 2 rings (SSSR count). The van der Waals surface area contributed by atoms with Gasteiger partial charge in [-0.1, -0.05) is 0 Å². The molecule has 0 radical (unpaired) electrons. The van der Waals surface area contributed by atoms with Gasteiger partial charge in [0.25, 0.3) is 0 Å². The van der Waals surface area contributed by atoms with Gasteiger partial charge in [0.15, 0.2) is 0 Å². The number of halogens is 2. The summed E-state index contributed by atoms with van der Waals surface area (Å²) in [5, 5.41) is 0. The minimum Gasteiger partial charge on any atom is -0.294 e. The first-order valence-electron chi connectivity index (χ1n) is 3.59. The topological polar surface area (TPSA) is 71.1 Å². The van der Waals surface area contributed by atoms with E-state index in [0.717, 1.165) is 0 Å². The largest absolute Gasteiger partial charge is 0.424 e. The van der Waals surface area contributed by atoms with E-state index in [1.165, 1.54) is 0 Å². The van der Waals surface area contributed by atoms with Gasteiger partial charge < -0.3 is 0 Å². The van der Waals surface area contributed by atoms with Crippen LogP contribution in [0.1, 0.15) is 0 Å². The summed E-state index contributed by atoms with van der Waals surface area (Å²) < 4.78 is 38.4. The summed E-state index contributed by atoms with van der Waals surface area (Å²) in [5.74, 6) is 0. The maximum Gasteiger partial charge on any atom is 0.424 e. The Balaban J connectivity index is 0.000000140. The molecule has 2 fully saturated rings. The fourth-order valence-electron chi connectivity index (χ4n) is 0.660. The van der Waals surface area contributed by atoms with E-state index in [2.05, 4.69) is 18.1 Å². The molecule has 2 aliphatic heterocycles. The lowest BCUT2D eigenvalue weighted by atomic mass is 10.8. The SMILES string of the molecule is O=P1(Cl)OCCO1.O=P1(Cl)OCCO1. The van der Waals surface area contributed by atoms with Crippen LogP contribution in [0, 0.1) is 0 Å². The van der Waals surface area contributed by atoms with E-state index in [9.17, 15) is 9.13 Å². The zero-order valence-corrected chi connectivity index (χ0v) is 10.2. The molecule has 84 valence electrons. The Kier molecular flexibility index (Phi) is 4.88. The normalized spacial score (nSPS) is 28.1. The summed E-state index contributed by atoms with van der Waals surface area (Å²) in [5.41, 5.74) is 0. The van der Waals surface area contributed by atoms with Crippen LogP contribution in [0.2, 0.25) is 0 Å². The molecule has 14 heavy (non-hydrogen) atoms. The third kappa shape index (κ3) is 5.10. The molecule has 0 aromatic carbocycles. The highest BCUT2D eigenvalue weighted by Crippen LogP contribution is 2.56. The molecule has 0 aromatic heterocycles. The smallest absolute Gasteiger partial charge is 0.294 e. The molecule has 0 aromatic rings. The van der Waals surface area contributed by atoms with Crippen molar-refractivity contribution in [2.45, 2.75) is 0 Å². The maximum absolute atomic E-state index is 10.3. The molecule has 2 heterocycles. The second-order valence-electron chi connectivity index (χ2n) is 2.19. The van der Waals surface area contributed by atoms with Gasteiger partial charge in [-0.25, -0.2) is 9.13 Å². The van der Waals surface area contributed by atoms with Gasteiger partial charge in [0, 0.05) is 22.5 Å². The zero-order valence-electron chi connectivity index (χ0n) is 6.93. The molecule has 10 heteroatoms. The summed E-state index contributed by atoms with van der Waals surface area (Å²) in [6.45, 7) is -4.75. The summed E-state index contributed by atoms with van der Waals surface area (Å²) in [7, 11) is 0. The lowest BCUT2D eigenvalue weighted by molar-refractivity contribution is 0.365. The molecule has 0 amide bonds. The Morgan fingerprint density at radius 1 is 0.714 bits per heavy atom. The van der Waals surface area contributed by atoms with E-state index >= 15 is 0 Å². The van der Waals surface area contributed by atoms with Crippen molar-refractivity contribution in [1.82, 2.24) is 0 Å². The standard InChI is InChI=1S/2C2H4ClO3P/c2*3-7(4)5-1-2-6-7/h2*1-2H2. The van der Waals surface area contributed by atoms with Crippen LogP contribution >= 0.6 is 36.4 Å². The maximum atomic E-state index is 10.3. The predicted molar refractivity (Wildman–Crippen MR) is 50.7 cm³/mol. The number of hydrogen-bond acceptors (Lipinski definition) is 6. The monoisotopic (exact) mass is 284 g/mol. The summed E-state index contributed by atoms with van der Waals surface area (Å²) in [4.78, 5) is 0. The van der Waals surface area contributed by atoms with Crippen LogP contribution in [0.4, 0.5) is 0 Å². The lowest BCUT2D eigenvalue weighted by Crippen LogP contribution is -1.79. The molecule has 0 saturated carbocycles. The Bertz CT molecular complexity index is 235. The molecule has 0 bridgehead atoms. The van der Waals surface area contributed by atoms with Gasteiger partial charge in [0.1, 0.15) is 0 Å². The highest BCUT2D eigenvalue weighted by atomic mass is 35.7. The molecule has 2 saturated heterocycles. The Morgan fingerprint density at radius 3 is 1.00 bits per heavy atom. The Hall–Kier alpha value is 0.880. The quantitative estimate of drug-likeness (QED) is 0.637. The van der Waals surface area contributed by atoms with Crippen molar-refractivity contribution in [3.05, 3.63) is 0 Å². The van der Waals surface area contributed by atoms with Crippen molar-refractivity contribution < 1.29 is 27.2 Å². The van der Waals surface area contributed by atoms with Crippen molar-refractivity contribution in [1.29, 1.82) is 0 Å². The van der Waals surface area contributed by atoms with Crippen molar-refractivity contribution in [3.63, 3.8) is 0 Å². The Morgan fingerprint density at radius 2 is 0.929 bits per heavy atom. The predicted octanol–water partition coefficient (Wildman–Crippen LogP) is 2.76. The minimum absolute atomic E-state index is 0.348. The van der Waals surface area contributed by atoms with Crippen LogP contribution in [0.25, 0.3) is 0 Å². The van der Waals surface area contributed by atoms with Gasteiger partial charge in [0.2, 0.25) is 0 Å². The van der Waals surface area contributed by atoms with Crippen LogP contribution in [0.5, 0.6) is 0 Å². The van der Waals surface area contributed by atoms with Gasteiger partial charge in [-0.3, -0.25) is 18.1 Å². The van der Waals surface area contributed by atoms with Crippen LogP contribution in [-0.2, 0) is 27.2 Å². The molecule has 0 unspecified atom stereocenters. The lowest BCUT2D eigenvalue weighted by Gasteiger charge is -1.93. The van der Waals surface area contributed by atoms with Gasteiger partial charge in [-0.2, -0.15) is 0 Å². The summed E-state index contributed by atoms with van der Waals surface area (Å²) in [6.07, 6.45) is 0. The van der Waals surface area contributed by atoms with Gasteiger partial charge in [0.05, 0.1) is 26.4 Å². The molecule has 0 atom stereocenters. The van der Waals surface area contributed by atoms with Gasteiger partial charge in [-0.05, 0) is 0 Å². The fourth-order valence-corrected chi connectivity index (χ4v) is 2.81. The molecular formula is C4H8Cl2O6P2. The van der Waals surface area contributed by atoms with E-state index in [1.807, 2.05) is 0 Å². The number of hydrogen-bond donors (Lipinski definition) is 0. The van der Waals surface area contributed by atoms with Crippen molar-refractivity contribution in [2.24, 2.45) is 0 Å². The zero-order chi connectivity index (χ0) is 10.7. The van der Waals surface area contributed by atoms with E-state index in [-0.39, 0.29) is 0 Å². The molecule has 6 nitrogen and oxygen atoms in total. The third-order valence-electron chi connectivity index (χ3n) is 1.15. The first-order valence-corrected chi connectivity index (χ1v) is 8.48. The minimum atomic E-state index is -3.07. The molecule has 0 N–H and O–H groups in total. The second kappa shape index (κ2) is 5.28. The number of rotatable bonds is 0. The third-order valence-corrected chi connectivity index (χ3v) is 4.28. The summed E-state index contributed by atoms with van der Waals surface area (Å²) in [6, 6.07) is 0. The van der Waals surface area contributed by atoms with Crippen LogP contribution in [-0.4, -0.2) is 26.4 Å². The van der Waals surface area contributed by atoms with Crippen LogP contribution in [0.15, 0.2) is 0 Å². The molecular weight excluding hydrogens is 277 g/mol. The highest BCUT2D eigenvalue weighted by molar-refractivity contribution is 7.81. The summed E-state index contributed by atoms with van der Waals surface area (Å²) >= 11 is 10.2. The first kappa shape index (κ1) is 12.9. The molecule has 0 spiro atoms. The van der Waals surface area contributed by atoms with Crippen molar-refractivity contribution >= 4 is 36.4 Å². The van der Waals surface area contributed by atoms with Gasteiger partial charge >= 0.3 is 13.9 Å². The van der Waals surface area contributed by atoms with E-state index < -0.39 is 13.9 Å². The molecule has 0 aliphatic carbocycles. The fraction of sp³-hybridized carbons (Fsp3) is 1.00. The average molecular weight is 285 g/mol. The van der Waals surface area contributed by atoms with Crippen molar-refractivity contribution in [3.8, 4) is 0 Å². The van der Waals surface area contributed by atoms with Gasteiger partial charge in [-0.15, -0.1) is 0 Å². The Labute approximate surface area is 90.4 Å². The van der Waals surface area contributed by atoms with E-state index in [4.69, 9.17) is 22.5 Å². The van der Waals surface area contributed by atoms with Crippen LogP contribution < -0.4 is 0 Å². The van der Waals surface area contributed by atoms with Crippen molar-refractivity contribution in [2.75, 3.05) is 26.4 Å². The van der Waals surface area contributed by atoms with E-state index in [1.54, 1.807) is 0 Å². The van der Waals surface area contributed by atoms with E-state index in [0.29, 0.717) is 26.4 Å². The average Bonchev–Trinajstić information content (AvgIpc) is 2.60. The highest BCUT2D eigenvalue weighted by Gasteiger charge is 2.26. The molecule has 2 aliphatic rings. The first-order chi connectivity index (χ1) is 6.41. The van der Waals surface area contributed by atoms with Crippen LogP contribution in [0.3, 0.4) is 0 Å². The second-order valence-corrected chi connectivity index (χ2v) is 7.43.